The maximum absolute atomic E-state index is 11.3. The summed E-state index contributed by atoms with van der Waals surface area (Å²) >= 11 is 0. The van der Waals surface area contributed by atoms with Gasteiger partial charge in [-0.2, -0.15) is 0 Å². The number of amides is 1. The summed E-state index contributed by atoms with van der Waals surface area (Å²) in [5, 5.41) is 9.33. The summed E-state index contributed by atoms with van der Waals surface area (Å²) in [6.45, 7) is 7.60. The number of hydrogen-bond acceptors (Lipinski definition) is 4. The molecule has 1 amide bonds. The maximum atomic E-state index is 11.3. The molecule has 0 aromatic heterocycles. The molecule has 3 rings (SSSR count). The van der Waals surface area contributed by atoms with Crippen LogP contribution in [0.4, 0.5) is 10.5 Å². The molecular weight excluding hydrogens is 517 g/mol. The molecule has 0 bridgehead atoms. The van der Waals surface area contributed by atoms with Crippen molar-refractivity contribution in [2.24, 2.45) is 4.99 Å². The van der Waals surface area contributed by atoms with Crippen LogP contribution in [0.15, 0.2) is 53.5 Å². The van der Waals surface area contributed by atoms with Gasteiger partial charge in [-0.1, -0.05) is 36.4 Å². The van der Waals surface area contributed by atoms with Crippen LogP contribution in [0.5, 0.6) is 0 Å². The van der Waals surface area contributed by atoms with Gasteiger partial charge >= 0.3 is 6.09 Å². The lowest BCUT2D eigenvalue weighted by atomic mass is 10.1. The molecule has 0 aliphatic carbocycles. The molecule has 1 fully saturated rings. The summed E-state index contributed by atoms with van der Waals surface area (Å²) in [5.74, 6) is 0.778. The third-order valence-corrected chi connectivity index (χ3v) is 5.24. The minimum absolute atomic E-state index is 0. The van der Waals surface area contributed by atoms with Gasteiger partial charge in [0.05, 0.1) is 13.7 Å². The monoisotopic (exact) mass is 551 g/mol. The average Bonchev–Trinajstić information content (AvgIpc) is 3.30. The molecule has 1 aliphatic rings. The van der Waals surface area contributed by atoms with Gasteiger partial charge in [-0.25, -0.2) is 9.79 Å². The zero-order valence-electron chi connectivity index (χ0n) is 18.9. The number of anilines is 1. The van der Waals surface area contributed by atoms with E-state index in [4.69, 9.17) is 0 Å². The van der Waals surface area contributed by atoms with Crippen molar-refractivity contribution in [2.75, 3.05) is 32.1 Å². The van der Waals surface area contributed by atoms with Crippen LogP contribution in [-0.4, -0.2) is 43.7 Å². The number of methoxy groups -OCH3 is 1. The average molecular weight is 551 g/mol. The zero-order valence-corrected chi connectivity index (χ0v) is 21.2. The van der Waals surface area contributed by atoms with Gasteiger partial charge in [0.15, 0.2) is 5.96 Å². The number of ether oxygens (including phenoxy) is 1. The molecule has 0 radical (unpaired) electrons. The number of benzene rings is 2. The standard InChI is InChI=1S/C24H33N5O2.HI/c1-3-25-23(27-17-20-10-12-22(13-11-20)28-24(30)31-2)26-16-19-6-8-21(9-7-19)18-29-14-4-5-15-29;/h6-13H,3-5,14-18H2,1-2H3,(H,28,30)(H2,25,26,27);1H. The molecule has 8 heteroatoms. The fraction of sp³-hybridized carbons (Fsp3) is 0.417. The number of rotatable bonds is 8. The summed E-state index contributed by atoms with van der Waals surface area (Å²) in [7, 11) is 1.34. The Kier molecular flexibility index (Phi) is 11.3. The molecule has 1 saturated heterocycles. The molecule has 0 atom stereocenters. The Balaban J connectivity index is 0.00000363. The van der Waals surface area contributed by atoms with E-state index in [9.17, 15) is 4.79 Å². The van der Waals surface area contributed by atoms with Crippen molar-refractivity contribution in [1.29, 1.82) is 0 Å². The van der Waals surface area contributed by atoms with E-state index in [-0.39, 0.29) is 24.0 Å². The van der Waals surface area contributed by atoms with Crippen molar-refractivity contribution in [3.8, 4) is 0 Å². The molecule has 1 aliphatic heterocycles. The van der Waals surface area contributed by atoms with Crippen LogP contribution in [0.2, 0.25) is 0 Å². The number of nitrogens with zero attached hydrogens (tertiary/aromatic N) is 2. The number of guanidine groups is 1. The Labute approximate surface area is 208 Å². The summed E-state index contributed by atoms with van der Waals surface area (Å²) in [5.41, 5.74) is 4.35. The van der Waals surface area contributed by atoms with Crippen molar-refractivity contribution >= 4 is 41.7 Å². The highest BCUT2D eigenvalue weighted by Gasteiger charge is 2.11. The van der Waals surface area contributed by atoms with Crippen LogP contribution in [0, 0.1) is 0 Å². The Morgan fingerprint density at radius 2 is 1.59 bits per heavy atom. The molecule has 7 nitrogen and oxygen atoms in total. The third kappa shape index (κ3) is 8.66. The van der Waals surface area contributed by atoms with E-state index >= 15 is 0 Å². The van der Waals surface area contributed by atoms with Crippen molar-refractivity contribution in [2.45, 2.75) is 39.4 Å². The van der Waals surface area contributed by atoms with E-state index in [1.807, 2.05) is 24.3 Å². The van der Waals surface area contributed by atoms with Crippen LogP contribution < -0.4 is 16.0 Å². The number of carbonyl (C=O) groups excluding carboxylic acids is 1. The molecule has 3 N–H and O–H groups in total. The van der Waals surface area contributed by atoms with Crippen molar-refractivity contribution in [3.63, 3.8) is 0 Å². The van der Waals surface area contributed by atoms with Gasteiger partial charge in [-0.3, -0.25) is 10.2 Å². The number of nitrogens with one attached hydrogen (secondary N) is 3. The fourth-order valence-electron chi connectivity index (χ4n) is 3.52. The smallest absolute Gasteiger partial charge is 0.411 e. The lowest BCUT2D eigenvalue weighted by molar-refractivity contribution is 0.187. The van der Waals surface area contributed by atoms with Crippen LogP contribution in [0.1, 0.15) is 36.5 Å². The lowest BCUT2D eigenvalue weighted by Crippen LogP contribution is -2.36. The minimum Gasteiger partial charge on any atom is -0.453 e. The lowest BCUT2D eigenvalue weighted by Gasteiger charge is -2.15. The van der Waals surface area contributed by atoms with Gasteiger partial charge < -0.3 is 15.4 Å². The van der Waals surface area contributed by atoms with E-state index < -0.39 is 6.09 Å². The second-order valence-corrected chi connectivity index (χ2v) is 7.66. The van der Waals surface area contributed by atoms with E-state index in [1.165, 1.54) is 44.2 Å². The molecule has 0 saturated carbocycles. The minimum atomic E-state index is -0.478. The van der Waals surface area contributed by atoms with Gasteiger partial charge in [0, 0.05) is 25.3 Å². The predicted octanol–water partition coefficient (Wildman–Crippen LogP) is 4.33. The van der Waals surface area contributed by atoms with E-state index in [0.29, 0.717) is 12.2 Å². The predicted molar refractivity (Wildman–Crippen MR) is 140 cm³/mol. The van der Waals surface area contributed by atoms with Crippen LogP contribution in [-0.2, 0) is 24.4 Å². The second kappa shape index (κ2) is 13.9. The summed E-state index contributed by atoms with van der Waals surface area (Å²) in [6, 6.07) is 16.4. The van der Waals surface area contributed by atoms with Gasteiger partial charge in [0.1, 0.15) is 0 Å². The van der Waals surface area contributed by atoms with Gasteiger partial charge in [-0.15, -0.1) is 24.0 Å². The first-order valence-corrected chi connectivity index (χ1v) is 10.9. The Hall–Kier alpha value is -2.33. The Morgan fingerprint density at radius 1 is 0.969 bits per heavy atom. The molecule has 2 aromatic carbocycles. The quantitative estimate of drug-likeness (QED) is 0.259. The van der Waals surface area contributed by atoms with Gasteiger partial charge in [0.25, 0.3) is 0 Å². The summed E-state index contributed by atoms with van der Waals surface area (Å²) in [4.78, 5) is 18.4. The molecule has 1 heterocycles. The van der Waals surface area contributed by atoms with E-state index in [0.717, 1.165) is 31.2 Å². The number of carbonyl (C=O) groups is 1. The normalized spacial score (nSPS) is 13.9. The van der Waals surface area contributed by atoms with Crippen molar-refractivity contribution in [1.82, 2.24) is 15.5 Å². The molecular formula is C24H34IN5O2. The fourth-order valence-corrected chi connectivity index (χ4v) is 3.52. The van der Waals surface area contributed by atoms with Crippen LogP contribution >= 0.6 is 24.0 Å². The molecule has 0 unspecified atom stereocenters. The van der Waals surface area contributed by atoms with Crippen LogP contribution in [0.25, 0.3) is 0 Å². The highest BCUT2D eigenvalue weighted by molar-refractivity contribution is 14.0. The Morgan fingerprint density at radius 3 is 2.22 bits per heavy atom. The van der Waals surface area contributed by atoms with Crippen molar-refractivity contribution < 1.29 is 9.53 Å². The van der Waals surface area contributed by atoms with E-state index in [2.05, 4.69) is 61.8 Å². The Bertz CT molecular complexity index is 850. The number of likely N-dealkylation sites (tertiary alicyclic amines) is 1. The molecule has 0 spiro atoms. The SMILES string of the molecule is CCNC(=NCc1ccc(NC(=O)OC)cc1)NCc1ccc(CN2CCCC2)cc1.I. The van der Waals surface area contributed by atoms with Gasteiger partial charge in [-0.05, 0) is 61.7 Å². The largest absolute Gasteiger partial charge is 0.453 e. The first-order valence-electron chi connectivity index (χ1n) is 10.9. The zero-order chi connectivity index (χ0) is 21.9. The second-order valence-electron chi connectivity index (χ2n) is 7.66. The summed E-state index contributed by atoms with van der Waals surface area (Å²) in [6.07, 6.45) is 2.17. The van der Waals surface area contributed by atoms with Crippen LogP contribution in [0.3, 0.4) is 0 Å². The first kappa shape index (κ1) is 25.9. The number of aliphatic imine (C=N–C) groups is 1. The highest BCUT2D eigenvalue weighted by Crippen LogP contribution is 2.13. The number of hydrogen-bond donors (Lipinski definition) is 3. The summed E-state index contributed by atoms with van der Waals surface area (Å²) < 4.78 is 4.60. The number of halogens is 1. The molecule has 2 aromatic rings. The highest BCUT2D eigenvalue weighted by atomic mass is 127. The van der Waals surface area contributed by atoms with E-state index in [1.54, 1.807) is 0 Å². The van der Waals surface area contributed by atoms with Gasteiger partial charge in [0.2, 0.25) is 0 Å². The first-order chi connectivity index (χ1) is 15.2. The molecule has 174 valence electrons. The third-order valence-electron chi connectivity index (χ3n) is 5.24. The topological polar surface area (TPSA) is 78.0 Å². The van der Waals surface area contributed by atoms with Crippen molar-refractivity contribution in [3.05, 3.63) is 65.2 Å². The maximum Gasteiger partial charge on any atom is 0.411 e. The molecule has 32 heavy (non-hydrogen) atoms.